The molecule has 1 unspecified atom stereocenters. The fourth-order valence-electron chi connectivity index (χ4n) is 1.49. The van der Waals surface area contributed by atoms with E-state index in [1.807, 2.05) is 0 Å². The second-order valence-electron chi connectivity index (χ2n) is 3.78. The van der Waals surface area contributed by atoms with Gasteiger partial charge in [-0.1, -0.05) is 0 Å². The van der Waals surface area contributed by atoms with Crippen LogP contribution >= 0.6 is 0 Å². The SMILES string of the molecule is COc1cc(NCC(O)CO)c(C(=O)O)cc1OC. The van der Waals surface area contributed by atoms with Gasteiger partial charge in [-0.2, -0.15) is 0 Å². The Morgan fingerprint density at radius 1 is 1.32 bits per heavy atom. The molecule has 0 spiro atoms. The van der Waals surface area contributed by atoms with E-state index < -0.39 is 18.7 Å². The molecule has 7 heteroatoms. The van der Waals surface area contributed by atoms with Gasteiger partial charge >= 0.3 is 5.97 Å². The number of carboxylic acids is 1. The third-order valence-corrected chi connectivity index (χ3v) is 2.49. The molecule has 0 aliphatic carbocycles. The van der Waals surface area contributed by atoms with Crippen LogP contribution in [0.2, 0.25) is 0 Å². The molecule has 4 N–H and O–H groups in total. The first kappa shape index (κ1) is 15.1. The molecule has 0 aromatic heterocycles. The van der Waals surface area contributed by atoms with Crippen molar-refractivity contribution in [2.75, 3.05) is 32.7 Å². The number of methoxy groups -OCH3 is 2. The zero-order chi connectivity index (χ0) is 14.4. The van der Waals surface area contributed by atoms with E-state index in [0.29, 0.717) is 11.5 Å². The summed E-state index contributed by atoms with van der Waals surface area (Å²) in [4.78, 5) is 11.2. The molecule has 0 radical (unpaired) electrons. The van der Waals surface area contributed by atoms with Crippen molar-refractivity contribution >= 4 is 11.7 Å². The number of benzene rings is 1. The van der Waals surface area contributed by atoms with Gasteiger partial charge in [0.1, 0.15) is 0 Å². The van der Waals surface area contributed by atoms with Crippen LogP contribution in [0.25, 0.3) is 0 Å². The van der Waals surface area contributed by atoms with Gasteiger partial charge in [0.15, 0.2) is 11.5 Å². The number of hydrogen-bond acceptors (Lipinski definition) is 6. The minimum atomic E-state index is -1.14. The summed E-state index contributed by atoms with van der Waals surface area (Å²) in [7, 11) is 2.84. The predicted octanol–water partition coefficient (Wildman–Crippen LogP) is 0.167. The number of aromatic carboxylic acids is 1. The van der Waals surface area contributed by atoms with Gasteiger partial charge in [0.25, 0.3) is 0 Å². The lowest BCUT2D eigenvalue weighted by molar-refractivity contribution is 0.0697. The number of carboxylic acid groups (broad SMARTS) is 1. The molecule has 1 aromatic rings. The number of rotatable bonds is 7. The Labute approximate surface area is 110 Å². The van der Waals surface area contributed by atoms with Crippen molar-refractivity contribution in [3.05, 3.63) is 17.7 Å². The van der Waals surface area contributed by atoms with Gasteiger partial charge in [-0.15, -0.1) is 0 Å². The number of aliphatic hydroxyl groups is 2. The van der Waals surface area contributed by atoms with Gasteiger partial charge in [-0.05, 0) is 0 Å². The summed E-state index contributed by atoms with van der Waals surface area (Å²) in [5.74, 6) is -0.469. The molecule has 0 saturated heterocycles. The molecule has 0 aliphatic heterocycles. The van der Waals surface area contributed by atoms with Crippen molar-refractivity contribution in [3.8, 4) is 11.5 Å². The molecule has 0 aliphatic rings. The van der Waals surface area contributed by atoms with Crippen molar-refractivity contribution in [3.63, 3.8) is 0 Å². The number of ether oxygens (including phenoxy) is 2. The highest BCUT2D eigenvalue weighted by Gasteiger charge is 2.16. The minimum Gasteiger partial charge on any atom is -0.493 e. The fourth-order valence-corrected chi connectivity index (χ4v) is 1.49. The van der Waals surface area contributed by atoms with Crippen LogP contribution in [0, 0.1) is 0 Å². The van der Waals surface area contributed by atoms with Gasteiger partial charge in [0.05, 0.1) is 38.2 Å². The van der Waals surface area contributed by atoms with Crippen LogP contribution in [0.15, 0.2) is 12.1 Å². The lowest BCUT2D eigenvalue weighted by Crippen LogP contribution is -2.23. The third kappa shape index (κ3) is 3.73. The summed E-state index contributed by atoms with van der Waals surface area (Å²) < 4.78 is 10.1. The molecular weight excluding hydrogens is 254 g/mol. The summed E-state index contributed by atoms with van der Waals surface area (Å²) in [5, 5.41) is 29.9. The number of hydrogen-bond donors (Lipinski definition) is 4. The molecule has 106 valence electrons. The number of anilines is 1. The molecule has 0 saturated carbocycles. The first-order valence-corrected chi connectivity index (χ1v) is 5.55. The third-order valence-electron chi connectivity index (χ3n) is 2.49. The number of carbonyl (C=O) groups is 1. The van der Waals surface area contributed by atoms with Crippen LogP contribution in [0.1, 0.15) is 10.4 Å². The van der Waals surface area contributed by atoms with E-state index in [2.05, 4.69) is 5.32 Å². The largest absolute Gasteiger partial charge is 0.493 e. The topological polar surface area (TPSA) is 108 Å². The zero-order valence-corrected chi connectivity index (χ0v) is 10.7. The van der Waals surface area contributed by atoms with Crippen molar-refractivity contribution in [2.24, 2.45) is 0 Å². The lowest BCUT2D eigenvalue weighted by atomic mass is 10.1. The quantitative estimate of drug-likeness (QED) is 0.559. The van der Waals surface area contributed by atoms with Gasteiger partial charge in [0, 0.05) is 18.7 Å². The molecule has 0 heterocycles. The van der Waals surface area contributed by atoms with Gasteiger partial charge in [0.2, 0.25) is 0 Å². The highest BCUT2D eigenvalue weighted by molar-refractivity contribution is 5.95. The average molecular weight is 271 g/mol. The maximum Gasteiger partial charge on any atom is 0.337 e. The van der Waals surface area contributed by atoms with E-state index in [0.717, 1.165) is 0 Å². The monoisotopic (exact) mass is 271 g/mol. The Kier molecular flexibility index (Phi) is 5.40. The Balaban J connectivity index is 3.09. The van der Waals surface area contributed by atoms with Gasteiger partial charge in [-0.25, -0.2) is 4.79 Å². The Morgan fingerprint density at radius 2 is 1.89 bits per heavy atom. The second-order valence-corrected chi connectivity index (χ2v) is 3.78. The molecule has 0 bridgehead atoms. The van der Waals surface area contributed by atoms with E-state index in [1.165, 1.54) is 26.4 Å². The molecule has 1 rings (SSSR count). The highest BCUT2D eigenvalue weighted by Crippen LogP contribution is 2.33. The first-order valence-electron chi connectivity index (χ1n) is 5.55. The molecule has 19 heavy (non-hydrogen) atoms. The minimum absolute atomic E-state index is 0.0113. The van der Waals surface area contributed by atoms with E-state index in [-0.39, 0.29) is 17.8 Å². The Hall–Kier alpha value is -1.99. The molecule has 0 fully saturated rings. The second kappa shape index (κ2) is 6.81. The van der Waals surface area contributed by atoms with Crippen LogP contribution in [-0.4, -0.2) is 54.8 Å². The summed E-state index contributed by atoms with van der Waals surface area (Å²) in [6.45, 7) is -0.394. The standard InChI is InChI=1S/C12H17NO6/c1-18-10-3-8(12(16)17)9(4-11(10)19-2)13-5-7(15)6-14/h3-4,7,13-15H,5-6H2,1-2H3,(H,16,17). The van der Waals surface area contributed by atoms with E-state index >= 15 is 0 Å². The van der Waals surface area contributed by atoms with E-state index in [1.54, 1.807) is 0 Å². The van der Waals surface area contributed by atoms with Crippen molar-refractivity contribution in [1.29, 1.82) is 0 Å². The fraction of sp³-hybridized carbons (Fsp3) is 0.417. The Bertz CT molecular complexity index is 448. The van der Waals surface area contributed by atoms with Crippen LogP contribution < -0.4 is 14.8 Å². The van der Waals surface area contributed by atoms with Crippen LogP contribution in [0.5, 0.6) is 11.5 Å². The van der Waals surface area contributed by atoms with Crippen molar-refractivity contribution in [2.45, 2.75) is 6.10 Å². The van der Waals surface area contributed by atoms with Gasteiger partial charge in [-0.3, -0.25) is 0 Å². The Morgan fingerprint density at radius 3 is 2.37 bits per heavy atom. The van der Waals surface area contributed by atoms with Crippen LogP contribution in [-0.2, 0) is 0 Å². The summed E-state index contributed by atoms with van der Waals surface area (Å²) in [5.41, 5.74) is 0.264. The number of nitrogens with one attached hydrogen (secondary N) is 1. The highest BCUT2D eigenvalue weighted by atomic mass is 16.5. The molecule has 0 amide bonds. The molecule has 7 nitrogen and oxygen atoms in total. The van der Waals surface area contributed by atoms with E-state index in [4.69, 9.17) is 19.7 Å². The summed E-state index contributed by atoms with van der Waals surface area (Å²) >= 11 is 0. The van der Waals surface area contributed by atoms with Crippen molar-refractivity contribution in [1.82, 2.24) is 0 Å². The van der Waals surface area contributed by atoms with Crippen molar-refractivity contribution < 1.29 is 29.6 Å². The van der Waals surface area contributed by atoms with Gasteiger partial charge < -0.3 is 30.1 Å². The zero-order valence-electron chi connectivity index (χ0n) is 10.7. The first-order chi connectivity index (χ1) is 9.03. The maximum absolute atomic E-state index is 11.2. The predicted molar refractivity (Wildman–Crippen MR) is 68.1 cm³/mol. The van der Waals surface area contributed by atoms with E-state index in [9.17, 15) is 9.90 Å². The normalized spacial score (nSPS) is 11.8. The van der Waals surface area contributed by atoms with Crippen LogP contribution in [0.3, 0.4) is 0 Å². The average Bonchev–Trinajstić information content (AvgIpc) is 2.43. The molecule has 1 aromatic carbocycles. The smallest absolute Gasteiger partial charge is 0.337 e. The molecular formula is C12H17NO6. The van der Waals surface area contributed by atoms with Crippen LogP contribution in [0.4, 0.5) is 5.69 Å². The maximum atomic E-state index is 11.2. The summed E-state index contributed by atoms with van der Waals surface area (Å²) in [6, 6.07) is 2.79. The summed E-state index contributed by atoms with van der Waals surface area (Å²) in [6.07, 6.45) is -0.977. The molecule has 1 atom stereocenters. The lowest BCUT2D eigenvalue weighted by Gasteiger charge is -2.15. The number of aliphatic hydroxyl groups excluding tert-OH is 2.